The lowest BCUT2D eigenvalue weighted by Gasteiger charge is -2.25. The second kappa shape index (κ2) is 7.43. The van der Waals surface area contributed by atoms with Crippen LogP contribution < -0.4 is 20.7 Å². The molecular weight excluding hydrogens is 359 g/mol. The number of ether oxygens (including phenoxy) is 1. The lowest BCUT2D eigenvalue weighted by molar-refractivity contribution is 0.417. The standard InChI is InChI=1S/C20H27N4O2P/c1-3-15-12-22-20-13-21-19(14-24(15)20)23-17-8-7-16(11-18(17)26-2)27(25)9-5-4-6-10-27/h7-8,11-12,14,21,23H,3-6,9-10,13H2,1-2H3. The highest BCUT2D eigenvalue weighted by atomic mass is 31.2. The predicted octanol–water partition coefficient (Wildman–Crippen LogP) is 3.60. The Morgan fingerprint density at radius 3 is 2.85 bits per heavy atom. The number of benzene rings is 1. The van der Waals surface area contributed by atoms with Crippen LogP contribution in [0, 0.1) is 0 Å². The molecule has 3 heterocycles. The van der Waals surface area contributed by atoms with Crippen LogP contribution in [-0.4, -0.2) is 29.0 Å². The summed E-state index contributed by atoms with van der Waals surface area (Å²) in [5.74, 6) is 2.63. The van der Waals surface area contributed by atoms with Crippen LogP contribution in [0.1, 0.15) is 37.7 Å². The molecule has 2 aliphatic rings. The zero-order valence-corrected chi connectivity index (χ0v) is 16.9. The molecule has 0 aliphatic carbocycles. The maximum absolute atomic E-state index is 13.3. The Kier molecular flexibility index (Phi) is 5.00. The zero-order chi connectivity index (χ0) is 18.9. The average molecular weight is 386 g/mol. The molecule has 0 bridgehead atoms. The molecule has 0 radical (unpaired) electrons. The van der Waals surface area contributed by atoms with Gasteiger partial charge >= 0.3 is 0 Å². The van der Waals surface area contributed by atoms with Gasteiger partial charge in [0.1, 0.15) is 24.5 Å². The summed E-state index contributed by atoms with van der Waals surface area (Å²) < 4.78 is 21.0. The smallest absolute Gasteiger partial charge is 0.143 e. The third-order valence-electron chi connectivity index (χ3n) is 5.47. The van der Waals surface area contributed by atoms with Crippen LogP contribution in [0.4, 0.5) is 5.69 Å². The second-order valence-electron chi connectivity index (χ2n) is 7.19. The van der Waals surface area contributed by atoms with E-state index in [1.807, 2.05) is 30.6 Å². The first-order chi connectivity index (χ1) is 13.1. The molecule has 0 saturated carbocycles. The van der Waals surface area contributed by atoms with Crippen molar-refractivity contribution in [1.82, 2.24) is 14.9 Å². The zero-order valence-electron chi connectivity index (χ0n) is 16.0. The van der Waals surface area contributed by atoms with Crippen molar-refractivity contribution < 1.29 is 9.30 Å². The van der Waals surface area contributed by atoms with Crippen molar-refractivity contribution in [2.24, 2.45) is 0 Å². The predicted molar refractivity (Wildman–Crippen MR) is 110 cm³/mol. The van der Waals surface area contributed by atoms with Crippen LogP contribution in [0.25, 0.3) is 6.20 Å². The number of methoxy groups -OCH3 is 1. The molecule has 2 aromatic rings. The lowest BCUT2D eigenvalue weighted by Crippen LogP contribution is -2.26. The van der Waals surface area contributed by atoms with Gasteiger partial charge in [0, 0.05) is 29.5 Å². The number of nitrogens with zero attached hydrogens (tertiary/aromatic N) is 2. The largest absolute Gasteiger partial charge is 0.495 e. The van der Waals surface area contributed by atoms with Gasteiger partial charge in [0.2, 0.25) is 0 Å². The van der Waals surface area contributed by atoms with Gasteiger partial charge in [-0.2, -0.15) is 0 Å². The number of anilines is 1. The summed E-state index contributed by atoms with van der Waals surface area (Å²) >= 11 is 0. The molecule has 144 valence electrons. The number of aryl methyl sites for hydroxylation is 1. The highest BCUT2D eigenvalue weighted by Crippen LogP contribution is 2.50. The van der Waals surface area contributed by atoms with E-state index in [1.54, 1.807) is 7.11 Å². The van der Waals surface area contributed by atoms with Gasteiger partial charge in [0.15, 0.2) is 0 Å². The average Bonchev–Trinajstić information content (AvgIpc) is 3.11. The first kappa shape index (κ1) is 18.2. The third-order valence-corrected chi connectivity index (χ3v) is 8.77. The number of fused-ring (bicyclic) bond motifs is 1. The van der Waals surface area contributed by atoms with Gasteiger partial charge in [-0.3, -0.25) is 0 Å². The number of hydrogen-bond acceptors (Lipinski definition) is 5. The number of rotatable bonds is 5. The van der Waals surface area contributed by atoms with E-state index in [0.29, 0.717) is 6.54 Å². The summed E-state index contributed by atoms with van der Waals surface area (Å²) in [5.41, 5.74) is 2.05. The highest BCUT2D eigenvalue weighted by molar-refractivity contribution is 7.71. The van der Waals surface area contributed by atoms with Crippen LogP contribution in [0.5, 0.6) is 5.75 Å². The number of hydrogen-bond donors (Lipinski definition) is 2. The number of aromatic nitrogens is 2. The molecular formula is C20H27N4O2P. The van der Waals surface area contributed by atoms with E-state index < -0.39 is 7.14 Å². The van der Waals surface area contributed by atoms with Crippen molar-refractivity contribution in [1.29, 1.82) is 0 Å². The minimum Gasteiger partial charge on any atom is -0.495 e. The van der Waals surface area contributed by atoms with Gasteiger partial charge < -0.3 is 24.5 Å². The van der Waals surface area contributed by atoms with Gasteiger partial charge in [-0.05, 0) is 37.5 Å². The highest BCUT2D eigenvalue weighted by Gasteiger charge is 2.28. The quantitative estimate of drug-likeness (QED) is 0.769. The van der Waals surface area contributed by atoms with Crippen LogP contribution in [0.2, 0.25) is 0 Å². The molecule has 0 atom stereocenters. The molecule has 1 saturated heterocycles. The van der Waals surface area contributed by atoms with E-state index >= 15 is 0 Å². The van der Waals surface area contributed by atoms with Crippen molar-refractivity contribution >= 4 is 24.3 Å². The summed E-state index contributed by atoms with van der Waals surface area (Å²) in [5, 5.41) is 7.71. The lowest BCUT2D eigenvalue weighted by atomic mass is 10.2. The molecule has 0 unspecified atom stereocenters. The van der Waals surface area contributed by atoms with Crippen molar-refractivity contribution in [2.75, 3.05) is 24.8 Å². The van der Waals surface area contributed by atoms with E-state index in [9.17, 15) is 4.57 Å². The monoisotopic (exact) mass is 386 g/mol. The van der Waals surface area contributed by atoms with Crippen LogP contribution in [0.3, 0.4) is 0 Å². The molecule has 7 heteroatoms. The van der Waals surface area contributed by atoms with Gasteiger partial charge in [0.25, 0.3) is 0 Å². The Bertz CT molecular complexity index is 909. The van der Waals surface area contributed by atoms with E-state index in [-0.39, 0.29) is 0 Å². The SMILES string of the molecule is CCc1cnc2n1C=C(Nc1ccc(P3(=O)CCCCC3)cc1OC)NC2. The van der Waals surface area contributed by atoms with Crippen LogP contribution in [-0.2, 0) is 17.5 Å². The van der Waals surface area contributed by atoms with Gasteiger partial charge in [-0.1, -0.05) is 13.3 Å². The maximum atomic E-state index is 13.3. The van der Waals surface area contributed by atoms with Gasteiger partial charge in [-0.15, -0.1) is 0 Å². The fourth-order valence-corrected chi connectivity index (χ4v) is 6.79. The summed E-state index contributed by atoms with van der Waals surface area (Å²) in [7, 11) is -0.605. The second-order valence-corrected chi connectivity index (χ2v) is 10.4. The Labute approximate surface area is 160 Å². The van der Waals surface area contributed by atoms with Crippen molar-refractivity contribution in [3.8, 4) is 5.75 Å². The van der Waals surface area contributed by atoms with E-state index in [1.165, 1.54) is 12.1 Å². The van der Waals surface area contributed by atoms with E-state index in [2.05, 4.69) is 27.1 Å². The summed E-state index contributed by atoms with van der Waals surface area (Å²) in [6, 6.07) is 5.94. The van der Waals surface area contributed by atoms with Crippen molar-refractivity contribution in [3.05, 3.63) is 41.7 Å². The van der Waals surface area contributed by atoms with Crippen LogP contribution >= 0.6 is 7.14 Å². The summed E-state index contributed by atoms with van der Waals surface area (Å²) in [4.78, 5) is 4.45. The molecule has 6 nitrogen and oxygen atoms in total. The van der Waals surface area contributed by atoms with Gasteiger partial charge in [0.05, 0.1) is 25.5 Å². The molecule has 1 aromatic heterocycles. The molecule has 2 N–H and O–H groups in total. The molecule has 0 spiro atoms. The molecule has 4 rings (SSSR count). The number of nitrogens with one attached hydrogen (secondary N) is 2. The Balaban J connectivity index is 1.60. The Morgan fingerprint density at radius 1 is 1.30 bits per heavy atom. The minimum atomic E-state index is -2.26. The molecule has 1 aromatic carbocycles. The van der Waals surface area contributed by atoms with Gasteiger partial charge in [-0.25, -0.2) is 4.98 Å². The third kappa shape index (κ3) is 3.51. The maximum Gasteiger partial charge on any atom is 0.143 e. The number of imidazole rings is 1. The Hall–Kier alpha value is -2.20. The Morgan fingerprint density at radius 2 is 2.11 bits per heavy atom. The van der Waals surface area contributed by atoms with Crippen molar-refractivity contribution in [3.63, 3.8) is 0 Å². The first-order valence-electron chi connectivity index (χ1n) is 9.67. The fraction of sp³-hybridized carbons (Fsp3) is 0.450. The molecule has 1 fully saturated rings. The summed E-state index contributed by atoms with van der Waals surface area (Å²) in [6.07, 6.45) is 9.83. The van der Waals surface area contributed by atoms with Crippen molar-refractivity contribution in [2.45, 2.75) is 39.2 Å². The first-order valence-corrected chi connectivity index (χ1v) is 11.7. The molecule has 0 amide bonds. The molecule has 27 heavy (non-hydrogen) atoms. The normalized spacial score (nSPS) is 18.2. The minimum absolute atomic E-state index is 0.675. The molecule has 2 aliphatic heterocycles. The fourth-order valence-electron chi connectivity index (χ4n) is 3.88. The topological polar surface area (TPSA) is 68.2 Å². The summed E-state index contributed by atoms with van der Waals surface area (Å²) in [6.45, 7) is 2.80. The van der Waals surface area contributed by atoms with E-state index in [0.717, 1.165) is 60.0 Å². The van der Waals surface area contributed by atoms with Crippen LogP contribution in [0.15, 0.2) is 30.2 Å². The van der Waals surface area contributed by atoms with E-state index in [4.69, 9.17) is 4.74 Å².